The number of amides is 1. The molecule has 3 N–H and O–H groups in total. The molecule has 0 bridgehead atoms. The van der Waals surface area contributed by atoms with Gasteiger partial charge in [0.25, 0.3) is 5.91 Å². The third-order valence-electron chi connectivity index (χ3n) is 23.3. The van der Waals surface area contributed by atoms with Gasteiger partial charge in [0.2, 0.25) is 0 Å². The standard InChI is InChI=1S/C23H21N5O4.C22H19N5O3.2C16H15N5O2.C15H15N3O3.C7H8O2.C6H6O.BHNS/c1-4-31-22(29)20-19-12-27-21(17-10-14(2)8-9-18(17)28(19)13-24-20)25-26-23(27)32-16-7-5-6-15(11-16)30-3;1-3-29-21(28)19-18-12-26-20(24-25-22(26)30-15-7-5-4-6-8-15)16-11-14(2)9-10-17(16)27(18)13-23-19;2*1-3-23-16(22)14-13-7-20-9-18-19-15(20)11-6-10(2)4-5-12(11)21(13)8-17-14;1-3-21-15(20)13-12-7-16-14(19)10-6-9(2)4-5-11(10)18(12)8-17-13;1-9-7-4-2-3-6(8)5-7;7-6-4-2-1-3-5-6;1-2-3/h5-11,13H,4,12H2,1-3H3;4-11,13H,3,12H2,1-2H3;2*4-6,8-9H,3,7H2,1-2H3;4-6,8H,3,7H2,1-2H3,(H,16,19);2-5,8H,1H3;1-5,7H;3H. The molecule has 0 saturated carbocycles. The molecule has 41 nitrogen and oxygen atoms in total. The topological polar surface area (TPSA) is 462 Å². The van der Waals surface area contributed by atoms with Crippen molar-refractivity contribution < 1.29 is 81.6 Å². The number of nitrogens with one attached hydrogen (secondary N) is 1. The molecule has 751 valence electrons. The molecule has 0 spiro atoms. The first-order valence-electron chi connectivity index (χ1n) is 46.7. The first-order valence-corrected chi connectivity index (χ1v) is 47.1. The van der Waals surface area contributed by atoms with Gasteiger partial charge in [-0.1, -0.05) is 117 Å². The summed E-state index contributed by atoms with van der Waals surface area (Å²) in [4.78, 5) is 94.9. The Labute approximate surface area is 854 Å². The number of rotatable bonds is 16. The van der Waals surface area contributed by atoms with Crippen LogP contribution >= 0.6 is 12.8 Å². The summed E-state index contributed by atoms with van der Waals surface area (Å²) in [5.41, 5.74) is 18.9. The molecule has 0 atom stereocenters. The molecule has 9 aromatic heterocycles. The van der Waals surface area contributed by atoms with Gasteiger partial charge >= 0.3 is 66.6 Å². The summed E-state index contributed by atoms with van der Waals surface area (Å²) < 4.78 is 67.5. The normalized spacial score (nSPS) is 11.6. The van der Waals surface area contributed by atoms with Crippen molar-refractivity contribution in [3.63, 3.8) is 0 Å². The van der Waals surface area contributed by atoms with E-state index in [9.17, 15) is 28.8 Å². The van der Waals surface area contributed by atoms with Crippen LogP contribution in [0.25, 0.3) is 74.0 Å². The predicted molar refractivity (Wildman–Crippen MR) is 544 cm³/mol. The number of benzene rings is 9. The minimum atomic E-state index is -0.476. The monoisotopic (exact) mass is 2010 g/mol. The molecular weight excluding hydrogens is 1910 g/mol. The maximum absolute atomic E-state index is 12.6. The van der Waals surface area contributed by atoms with Crippen molar-refractivity contribution >= 4 is 56.2 Å². The van der Waals surface area contributed by atoms with Gasteiger partial charge in [-0.05, 0) is 178 Å². The van der Waals surface area contributed by atoms with Gasteiger partial charge in [-0.15, -0.1) is 30.6 Å². The molecule has 0 aliphatic carbocycles. The number of phenolic OH excluding ortho intramolecular Hbond substituents is 2. The molecule has 23 rings (SSSR count). The van der Waals surface area contributed by atoms with E-state index >= 15 is 0 Å². The van der Waals surface area contributed by atoms with Crippen LogP contribution in [0.5, 0.6) is 46.5 Å². The molecule has 1 radical (unpaired) electrons. The molecule has 14 heterocycles. The van der Waals surface area contributed by atoms with Gasteiger partial charge in [-0.3, -0.25) is 36.8 Å². The van der Waals surface area contributed by atoms with Gasteiger partial charge in [0.15, 0.2) is 51.8 Å². The van der Waals surface area contributed by atoms with E-state index in [-0.39, 0.29) is 61.6 Å². The Hall–Kier alpha value is -18.6. The molecule has 5 aliphatic heterocycles. The molecule has 148 heavy (non-hydrogen) atoms. The van der Waals surface area contributed by atoms with Crippen molar-refractivity contribution in [2.24, 2.45) is 4.30 Å². The summed E-state index contributed by atoms with van der Waals surface area (Å²) in [7, 11) is 7.50. The number of aryl methyl sites for hydroxylation is 5. The number of methoxy groups -OCH3 is 2. The number of nitrogens with zero attached hydrogens (tertiary/aromatic N) is 23. The second-order valence-electron chi connectivity index (χ2n) is 33.1. The number of aromatic hydroxyl groups is 2. The Morgan fingerprint density at radius 2 is 0.655 bits per heavy atom. The molecule has 0 saturated heterocycles. The van der Waals surface area contributed by atoms with Gasteiger partial charge in [0.1, 0.15) is 78.8 Å². The number of para-hydroxylation sites is 2. The van der Waals surface area contributed by atoms with Crippen LogP contribution in [0, 0.1) is 34.6 Å². The summed E-state index contributed by atoms with van der Waals surface area (Å²) >= 11 is 3.19. The van der Waals surface area contributed by atoms with Crippen molar-refractivity contribution in [3.05, 3.63) is 335 Å². The van der Waals surface area contributed by atoms with Gasteiger partial charge in [-0.25, -0.2) is 48.9 Å². The number of thiol groups is 1. The van der Waals surface area contributed by atoms with Crippen molar-refractivity contribution in [1.29, 1.82) is 0 Å². The number of aromatic nitrogens is 22. The van der Waals surface area contributed by atoms with Crippen LogP contribution in [0.1, 0.15) is 154 Å². The first kappa shape index (κ1) is 102. The molecular formula is C105H100BN24O17S. The number of hydrogen-bond donors (Lipinski definition) is 4. The van der Waals surface area contributed by atoms with E-state index in [1.165, 1.54) is 0 Å². The Morgan fingerprint density at radius 3 is 1.01 bits per heavy atom. The zero-order valence-electron chi connectivity index (χ0n) is 82.5. The summed E-state index contributed by atoms with van der Waals surface area (Å²) in [5.74, 6) is 3.59. The quantitative estimate of drug-likeness (QED) is 0.0302. The second-order valence-corrected chi connectivity index (χ2v) is 33.4. The molecule has 9 aromatic carbocycles. The zero-order chi connectivity index (χ0) is 104. The van der Waals surface area contributed by atoms with Crippen molar-refractivity contribution in [2.45, 2.75) is 102 Å². The third-order valence-corrected chi connectivity index (χ3v) is 23.3. The minimum absolute atomic E-state index is 0.160. The van der Waals surface area contributed by atoms with Gasteiger partial charge < -0.3 is 67.3 Å². The molecule has 0 fully saturated rings. The van der Waals surface area contributed by atoms with E-state index in [1.54, 1.807) is 152 Å². The van der Waals surface area contributed by atoms with E-state index in [0.29, 0.717) is 125 Å². The zero-order valence-corrected chi connectivity index (χ0v) is 83.4. The fourth-order valence-electron chi connectivity index (χ4n) is 16.6. The van der Waals surface area contributed by atoms with E-state index < -0.39 is 29.8 Å². The summed E-state index contributed by atoms with van der Waals surface area (Å²) in [6, 6.07) is 62.5. The van der Waals surface area contributed by atoms with Crippen molar-refractivity contribution in [3.8, 4) is 121 Å². The predicted octanol–water partition coefficient (Wildman–Crippen LogP) is 16.1. The molecule has 18 aromatic rings. The second kappa shape index (κ2) is 46.6. The van der Waals surface area contributed by atoms with Crippen LogP contribution in [0.4, 0.5) is 0 Å². The number of hydrogen-bond acceptors (Lipinski definition) is 32. The average molecular weight is 2010 g/mol. The van der Waals surface area contributed by atoms with Crippen LogP contribution in [0.3, 0.4) is 0 Å². The summed E-state index contributed by atoms with van der Waals surface area (Å²) in [6.07, 6.45) is 11.5. The SMILES string of the molecule is CCOC(=O)c1ncn2c1CNC(=O)c1cc(C)ccc1-2.CCOC(=O)c1ncn2c1Cn1c(Oc3cccc(OC)c3)nnc1-c1cc(C)ccc1-2.CCOC(=O)c1ncn2c1Cn1c(Oc3ccccc3)nnc1-c1cc(C)ccc1-2.CCOC(=O)c1ncn2c1Cn1cnnc1-c1cc(C)ccc1-2.CCOC(=O)c1ncn2c1Cn1cnnc1-c1cc(C)ccc1-2.COc1cccc(O)c1.Oc1ccccc1.[B]=NS. The molecule has 43 heteroatoms. The van der Waals surface area contributed by atoms with Crippen molar-refractivity contribution in [2.75, 3.05) is 47.3 Å². The first-order chi connectivity index (χ1) is 71.9. The van der Waals surface area contributed by atoms with E-state index in [4.69, 9.17) is 52.8 Å². The Kier molecular flexibility index (Phi) is 32.3. The van der Waals surface area contributed by atoms with E-state index in [2.05, 4.69) is 108 Å². The number of imidazole rings is 5. The van der Waals surface area contributed by atoms with Gasteiger partial charge in [0, 0.05) is 34.4 Å². The summed E-state index contributed by atoms with van der Waals surface area (Å²) in [5, 5.41) is 54.2. The average Bonchev–Trinajstić information content (AvgIpc) is 1.57. The van der Waals surface area contributed by atoms with Crippen LogP contribution in [-0.4, -0.2) is 208 Å². The Bertz CT molecular complexity index is 7760. The van der Waals surface area contributed by atoms with Crippen LogP contribution in [-0.2, 0) is 56.4 Å². The van der Waals surface area contributed by atoms with E-state index in [1.807, 2.05) is 205 Å². The number of phenols is 2. The number of esters is 5. The Balaban J connectivity index is 0.000000127. The molecule has 0 unspecified atom stereocenters. The Morgan fingerprint density at radius 1 is 0.351 bits per heavy atom. The number of fused-ring (bicyclic) bond motifs is 23. The third kappa shape index (κ3) is 22.4. The fraction of sp³-hybridized carbons (Fsp3) is 0.210. The number of carbonyl (C=O) groups excluding carboxylic acids is 6. The van der Waals surface area contributed by atoms with Gasteiger partial charge in [-0.2, -0.15) is 0 Å². The number of carbonyl (C=O) groups is 6. The fourth-order valence-corrected chi connectivity index (χ4v) is 16.6. The van der Waals surface area contributed by atoms with Crippen LogP contribution in [0.15, 0.2) is 249 Å². The maximum atomic E-state index is 12.6. The summed E-state index contributed by atoms with van der Waals surface area (Å²) in [6.45, 7) is 22.1. The van der Waals surface area contributed by atoms with Crippen LogP contribution < -0.4 is 24.3 Å². The van der Waals surface area contributed by atoms with Gasteiger partial charge in [0.05, 0.1) is 142 Å². The molecule has 1 amide bonds. The molecule has 5 aliphatic rings. The van der Waals surface area contributed by atoms with Crippen molar-refractivity contribution in [1.82, 2.24) is 112 Å². The van der Waals surface area contributed by atoms with Crippen LogP contribution in [0.2, 0.25) is 0 Å². The number of ether oxygens (including phenoxy) is 9. The van der Waals surface area contributed by atoms with E-state index in [0.717, 1.165) is 95.9 Å².